The summed E-state index contributed by atoms with van der Waals surface area (Å²) < 4.78 is 2.94. The Kier molecular flexibility index (Phi) is 3.84. The first-order chi connectivity index (χ1) is 9.13. The van der Waals surface area contributed by atoms with E-state index in [1.54, 1.807) is 11.3 Å². The molecule has 0 unspecified atom stereocenters. The molecule has 3 aromatic rings. The summed E-state index contributed by atoms with van der Waals surface area (Å²) in [5.74, 6) is 0.0906. The number of fused-ring (bicyclic) bond motifs is 1. The van der Waals surface area contributed by atoms with Gasteiger partial charge in [0.25, 0.3) is 0 Å². The molecule has 0 aliphatic carbocycles. The molecule has 2 heterocycles. The smallest absolute Gasteiger partial charge is 0.171 e. The second-order valence-electron chi connectivity index (χ2n) is 3.91. The van der Waals surface area contributed by atoms with E-state index < -0.39 is 0 Å². The predicted octanol–water partition coefficient (Wildman–Crippen LogP) is 5.31. The van der Waals surface area contributed by atoms with Crippen molar-refractivity contribution in [2.24, 2.45) is 0 Å². The summed E-state index contributed by atoms with van der Waals surface area (Å²) in [5.41, 5.74) is 1.68. The van der Waals surface area contributed by atoms with Crippen LogP contribution in [0, 0.1) is 0 Å². The fourth-order valence-corrected chi connectivity index (χ4v) is 5.58. The molecule has 0 amide bonds. The summed E-state index contributed by atoms with van der Waals surface area (Å²) in [5, 5.41) is 0.862. The molecule has 0 aliphatic rings. The fourth-order valence-electron chi connectivity index (χ4n) is 1.76. The lowest BCUT2D eigenvalue weighted by Gasteiger charge is -1.95. The highest BCUT2D eigenvalue weighted by Gasteiger charge is 2.16. The van der Waals surface area contributed by atoms with Crippen molar-refractivity contribution in [1.29, 1.82) is 0 Å². The molecule has 0 saturated carbocycles. The van der Waals surface area contributed by atoms with Gasteiger partial charge in [-0.15, -0.1) is 22.7 Å². The quantitative estimate of drug-likeness (QED) is 0.541. The monoisotopic (exact) mass is 415 g/mol. The standard InChI is InChI=1S/C13H7Br2NOS2/c14-11-5-7(13(15)19-11)9(17)6-12-16-8-3-1-2-4-10(8)18-12/h1-5H,6H2. The van der Waals surface area contributed by atoms with Gasteiger partial charge in [-0.3, -0.25) is 4.79 Å². The van der Waals surface area contributed by atoms with Crippen molar-refractivity contribution in [3.63, 3.8) is 0 Å². The Morgan fingerprint density at radius 3 is 2.68 bits per heavy atom. The number of nitrogens with zero attached hydrogens (tertiary/aromatic N) is 1. The molecule has 0 fully saturated rings. The number of rotatable bonds is 3. The Balaban J connectivity index is 1.88. The number of para-hydroxylation sites is 1. The minimum Gasteiger partial charge on any atom is -0.294 e. The number of ketones is 1. The van der Waals surface area contributed by atoms with Crippen LogP contribution in [-0.2, 0) is 6.42 Å². The van der Waals surface area contributed by atoms with Gasteiger partial charge in [0.2, 0.25) is 0 Å². The Morgan fingerprint density at radius 2 is 2.00 bits per heavy atom. The lowest BCUT2D eigenvalue weighted by Crippen LogP contribution is -2.02. The van der Waals surface area contributed by atoms with Gasteiger partial charge in [0.15, 0.2) is 5.78 Å². The number of carbonyl (C=O) groups excluding carboxylic acids is 1. The third-order valence-electron chi connectivity index (χ3n) is 2.61. The fraction of sp³-hybridized carbons (Fsp3) is 0.0769. The molecule has 2 aromatic heterocycles. The van der Waals surface area contributed by atoms with Gasteiger partial charge in [-0.25, -0.2) is 4.98 Å². The third-order valence-corrected chi connectivity index (χ3v) is 5.98. The molecule has 0 spiro atoms. The molecule has 1 aromatic carbocycles. The van der Waals surface area contributed by atoms with E-state index in [4.69, 9.17) is 0 Å². The molecule has 2 nitrogen and oxygen atoms in total. The molecule has 19 heavy (non-hydrogen) atoms. The number of halogens is 2. The minimum atomic E-state index is 0.0906. The van der Waals surface area contributed by atoms with Crippen molar-refractivity contribution < 1.29 is 4.79 Å². The van der Waals surface area contributed by atoms with Crippen molar-refractivity contribution in [2.45, 2.75) is 6.42 Å². The summed E-state index contributed by atoms with van der Waals surface area (Å²) >= 11 is 9.89. The molecule has 0 radical (unpaired) electrons. The molecule has 6 heteroatoms. The Morgan fingerprint density at radius 1 is 1.21 bits per heavy atom. The van der Waals surface area contributed by atoms with E-state index in [-0.39, 0.29) is 5.78 Å². The van der Waals surface area contributed by atoms with E-state index in [9.17, 15) is 4.79 Å². The van der Waals surface area contributed by atoms with E-state index in [1.807, 2.05) is 30.3 Å². The number of hydrogen-bond donors (Lipinski definition) is 0. The maximum atomic E-state index is 12.2. The van der Waals surface area contributed by atoms with Crippen LogP contribution < -0.4 is 0 Å². The molecule has 0 N–H and O–H groups in total. The first-order valence-corrected chi connectivity index (χ1v) is 8.68. The van der Waals surface area contributed by atoms with Crippen molar-refractivity contribution >= 4 is 70.5 Å². The van der Waals surface area contributed by atoms with Crippen LogP contribution in [0.3, 0.4) is 0 Å². The summed E-state index contributed by atoms with van der Waals surface area (Å²) in [6.45, 7) is 0. The highest BCUT2D eigenvalue weighted by molar-refractivity contribution is 9.12. The summed E-state index contributed by atoms with van der Waals surface area (Å²) in [4.78, 5) is 16.7. The van der Waals surface area contributed by atoms with Gasteiger partial charge < -0.3 is 0 Å². The van der Waals surface area contributed by atoms with E-state index in [1.165, 1.54) is 11.3 Å². The third kappa shape index (κ3) is 2.81. The lowest BCUT2D eigenvalue weighted by molar-refractivity contribution is 0.0992. The molecular formula is C13H7Br2NOS2. The van der Waals surface area contributed by atoms with E-state index in [0.717, 1.165) is 28.4 Å². The lowest BCUT2D eigenvalue weighted by atomic mass is 10.2. The summed E-state index contributed by atoms with van der Waals surface area (Å²) in [7, 11) is 0. The number of thiophene rings is 1. The number of thiazole rings is 1. The molecule has 3 rings (SSSR count). The number of benzene rings is 1. The van der Waals surface area contributed by atoms with Crippen molar-refractivity contribution in [3.8, 4) is 0 Å². The minimum absolute atomic E-state index is 0.0906. The highest BCUT2D eigenvalue weighted by Crippen LogP contribution is 2.33. The second kappa shape index (κ2) is 5.44. The molecule has 96 valence electrons. The molecule has 0 bridgehead atoms. The maximum absolute atomic E-state index is 12.2. The summed E-state index contributed by atoms with van der Waals surface area (Å²) in [6, 6.07) is 9.79. The van der Waals surface area contributed by atoms with Crippen molar-refractivity contribution in [1.82, 2.24) is 4.98 Å². The average molecular weight is 417 g/mol. The van der Waals surface area contributed by atoms with Crippen LogP contribution in [0.4, 0.5) is 0 Å². The van der Waals surface area contributed by atoms with Gasteiger partial charge >= 0.3 is 0 Å². The van der Waals surface area contributed by atoms with E-state index in [0.29, 0.717) is 6.42 Å². The Labute approximate surface area is 134 Å². The topological polar surface area (TPSA) is 30.0 Å². The zero-order valence-corrected chi connectivity index (χ0v) is 14.3. The normalized spacial score (nSPS) is 11.1. The van der Waals surface area contributed by atoms with Crippen LogP contribution >= 0.6 is 54.5 Å². The van der Waals surface area contributed by atoms with Crippen LogP contribution in [-0.4, -0.2) is 10.8 Å². The maximum Gasteiger partial charge on any atom is 0.171 e. The van der Waals surface area contributed by atoms with Gasteiger partial charge in [0.05, 0.1) is 24.2 Å². The first kappa shape index (κ1) is 13.4. The van der Waals surface area contributed by atoms with Crippen LogP contribution in [0.15, 0.2) is 37.9 Å². The van der Waals surface area contributed by atoms with E-state index >= 15 is 0 Å². The van der Waals surface area contributed by atoms with Gasteiger partial charge in [0, 0.05) is 5.56 Å². The van der Waals surface area contributed by atoms with Crippen molar-refractivity contribution in [2.75, 3.05) is 0 Å². The van der Waals surface area contributed by atoms with Crippen LogP contribution in [0.25, 0.3) is 10.2 Å². The van der Waals surface area contributed by atoms with Gasteiger partial charge in [0.1, 0.15) is 5.01 Å². The SMILES string of the molecule is O=C(Cc1nc2ccccc2s1)c1cc(Br)sc1Br. The van der Waals surface area contributed by atoms with Gasteiger partial charge in [-0.05, 0) is 50.1 Å². The van der Waals surface area contributed by atoms with Gasteiger partial charge in [-0.1, -0.05) is 12.1 Å². The number of Topliss-reactive ketones (excluding diaryl/α,β-unsaturated/α-hetero) is 1. The molecular weight excluding hydrogens is 410 g/mol. The average Bonchev–Trinajstić information content (AvgIpc) is 2.91. The Bertz CT molecular complexity index is 730. The van der Waals surface area contributed by atoms with Gasteiger partial charge in [-0.2, -0.15) is 0 Å². The second-order valence-corrected chi connectivity index (χ2v) is 8.78. The Hall–Kier alpha value is -0.560. The number of carbonyl (C=O) groups is 1. The molecule has 0 saturated heterocycles. The van der Waals surface area contributed by atoms with Crippen LogP contribution in [0.1, 0.15) is 15.4 Å². The highest BCUT2D eigenvalue weighted by atomic mass is 79.9. The first-order valence-electron chi connectivity index (χ1n) is 5.46. The zero-order chi connectivity index (χ0) is 13.4. The number of aromatic nitrogens is 1. The number of hydrogen-bond acceptors (Lipinski definition) is 4. The zero-order valence-electron chi connectivity index (χ0n) is 9.52. The summed E-state index contributed by atoms with van der Waals surface area (Å²) in [6.07, 6.45) is 0.348. The van der Waals surface area contributed by atoms with Crippen LogP contribution in [0.5, 0.6) is 0 Å². The van der Waals surface area contributed by atoms with Crippen LogP contribution in [0.2, 0.25) is 0 Å². The molecule has 0 atom stereocenters. The molecule has 0 aliphatic heterocycles. The predicted molar refractivity (Wildman–Crippen MR) is 87.4 cm³/mol. The largest absolute Gasteiger partial charge is 0.294 e. The van der Waals surface area contributed by atoms with E-state index in [2.05, 4.69) is 36.8 Å². The van der Waals surface area contributed by atoms with Crippen molar-refractivity contribution in [3.05, 3.63) is 48.5 Å².